The number of hydrogen-bond donors (Lipinski definition) is 1. The molecule has 1 amide bonds. The van der Waals surface area contributed by atoms with Gasteiger partial charge in [-0.1, -0.05) is 19.1 Å². The van der Waals surface area contributed by atoms with Crippen LogP contribution in [-0.4, -0.2) is 29.8 Å². The van der Waals surface area contributed by atoms with Crippen LogP contribution in [0.25, 0.3) is 0 Å². The molecule has 1 saturated heterocycles. The van der Waals surface area contributed by atoms with E-state index in [0.717, 1.165) is 37.9 Å². The third-order valence-corrected chi connectivity index (χ3v) is 7.38. The van der Waals surface area contributed by atoms with E-state index in [1.165, 1.54) is 5.56 Å². The summed E-state index contributed by atoms with van der Waals surface area (Å²) in [5.41, 5.74) is 1.43. The molecule has 0 aromatic heterocycles. The Morgan fingerprint density at radius 2 is 1.71 bits per heavy atom. The highest BCUT2D eigenvalue weighted by Crippen LogP contribution is 2.73. The fourth-order valence-electron chi connectivity index (χ4n) is 6.16. The molecule has 170 valence electrons. The van der Waals surface area contributed by atoms with Crippen molar-refractivity contribution in [3.63, 3.8) is 0 Å². The van der Waals surface area contributed by atoms with Gasteiger partial charge in [0, 0.05) is 6.04 Å². The van der Waals surface area contributed by atoms with Crippen molar-refractivity contribution in [1.29, 1.82) is 0 Å². The summed E-state index contributed by atoms with van der Waals surface area (Å²) in [4.78, 5) is 13.1. The molecule has 3 saturated carbocycles. The van der Waals surface area contributed by atoms with Crippen LogP contribution in [-0.2, 0) is 14.9 Å². The molecule has 4 fully saturated rings. The number of hydrogen-bond acceptors (Lipinski definition) is 3. The second-order valence-corrected chi connectivity index (χ2v) is 11.2. The zero-order valence-electron chi connectivity index (χ0n) is 19.5. The van der Waals surface area contributed by atoms with E-state index in [1.54, 1.807) is 0 Å². The number of nitrogens with one attached hydrogen (secondary N) is 1. The van der Waals surface area contributed by atoms with Crippen LogP contribution in [0.15, 0.2) is 36.2 Å². The number of carbonyl (C=O) groups is 1. The van der Waals surface area contributed by atoms with Crippen molar-refractivity contribution >= 4 is 5.91 Å². The topological polar surface area (TPSA) is 47.6 Å². The van der Waals surface area contributed by atoms with Crippen molar-refractivity contribution in [2.75, 3.05) is 6.61 Å². The maximum absolute atomic E-state index is 13.1. The number of ether oxygens (including phenoxy) is 2. The van der Waals surface area contributed by atoms with Crippen LogP contribution >= 0.6 is 0 Å². The van der Waals surface area contributed by atoms with Crippen molar-refractivity contribution in [2.24, 2.45) is 5.41 Å². The lowest BCUT2D eigenvalue weighted by molar-refractivity contribution is -0.184. The molecular weight excluding hydrogens is 393 g/mol. The lowest BCUT2D eigenvalue weighted by Gasteiger charge is -2.70. The van der Waals surface area contributed by atoms with Crippen LogP contribution in [0.2, 0.25) is 0 Å². The smallest absolute Gasteiger partial charge is 0.226 e. The van der Waals surface area contributed by atoms with Gasteiger partial charge in [0.15, 0.2) is 0 Å². The average Bonchev–Trinajstić information content (AvgIpc) is 2.58. The lowest BCUT2D eigenvalue weighted by Crippen LogP contribution is -2.71. The van der Waals surface area contributed by atoms with Gasteiger partial charge in [0.25, 0.3) is 0 Å². The van der Waals surface area contributed by atoms with Crippen LogP contribution in [0.3, 0.4) is 0 Å². The molecule has 0 radical (unpaired) electrons. The molecule has 1 heterocycles. The summed E-state index contributed by atoms with van der Waals surface area (Å²) in [6.45, 7) is 10.6. The van der Waals surface area contributed by atoms with E-state index >= 15 is 0 Å². The molecule has 2 bridgehead atoms. The summed E-state index contributed by atoms with van der Waals surface area (Å²) in [6.07, 6.45) is 5.74. The number of rotatable bonds is 7. The first kappa shape index (κ1) is 22.3. The number of carbonyl (C=O) groups excluding carboxylic acids is 1. The summed E-state index contributed by atoms with van der Waals surface area (Å²) in [5.74, 6) is 0.971. The molecule has 1 aliphatic heterocycles. The monoisotopic (exact) mass is 429 g/mol. The van der Waals surface area contributed by atoms with Gasteiger partial charge in [0.05, 0.1) is 22.9 Å². The molecule has 5 rings (SSSR count). The van der Waals surface area contributed by atoms with Crippen LogP contribution in [0, 0.1) is 5.41 Å². The summed E-state index contributed by atoms with van der Waals surface area (Å²) < 4.78 is 24.5. The Hall–Kier alpha value is -1.88. The van der Waals surface area contributed by atoms with Crippen molar-refractivity contribution in [1.82, 2.24) is 5.32 Å². The van der Waals surface area contributed by atoms with Crippen LogP contribution in [0.5, 0.6) is 5.75 Å². The molecule has 4 nitrogen and oxygen atoms in total. The number of amides is 1. The first-order valence-electron chi connectivity index (χ1n) is 11.5. The van der Waals surface area contributed by atoms with Gasteiger partial charge in [-0.2, -0.15) is 0 Å². The highest BCUT2D eigenvalue weighted by molar-refractivity contribution is 5.87. The normalized spacial score (nSPS) is 31.4. The van der Waals surface area contributed by atoms with E-state index in [2.05, 4.69) is 45.1 Å². The molecule has 1 aromatic rings. The molecule has 4 aliphatic rings. The van der Waals surface area contributed by atoms with Gasteiger partial charge >= 0.3 is 0 Å². The Bertz CT molecular complexity index is 835. The molecule has 1 aromatic carbocycles. The zero-order chi connectivity index (χ0) is 22.5. The molecule has 0 spiro atoms. The standard InChI is InChI=1S/C26H36FNO3/c1-6-18(13-27)14-30-21-9-7-19(8-10-21)25-15-26(16-25,17-25)22(29)28-20-11-23(2,3)31-24(4,5)12-20/h7-10,13,20H,6,11-12,14-17H2,1-5H3,(H,28,29)/b18-13+. The summed E-state index contributed by atoms with van der Waals surface area (Å²) in [5, 5.41) is 3.35. The Morgan fingerprint density at radius 3 is 2.23 bits per heavy atom. The molecule has 5 heteroatoms. The molecular formula is C26H36FNO3. The maximum atomic E-state index is 13.1. The molecule has 1 N–H and O–H groups in total. The number of benzene rings is 1. The summed E-state index contributed by atoms with van der Waals surface area (Å²) in [6, 6.07) is 8.29. The minimum atomic E-state index is -0.220. The predicted octanol–water partition coefficient (Wildman–Crippen LogP) is 5.60. The average molecular weight is 430 g/mol. The van der Waals surface area contributed by atoms with Gasteiger partial charge in [-0.15, -0.1) is 0 Å². The van der Waals surface area contributed by atoms with Crippen molar-refractivity contribution < 1.29 is 18.7 Å². The van der Waals surface area contributed by atoms with Gasteiger partial charge in [-0.3, -0.25) is 4.79 Å². The summed E-state index contributed by atoms with van der Waals surface area (Å²) >= 11 is 0. The van der Waals surface area contributed by atoms with Crippen molar-refractivity contribution in [3.8, 4) is 5.75 Å². The van der Waals surface area contributed by atoms with Crippen LogP contribution in [0.1, 0.15) is 78.7 Å². The summed E-state index contributed by atoms with van der Waals surface area (Å²) in [7, 11) is 0. The Kier molecular flexibility index (Phi) is 5.48. The highest BCUT2D eigenvalue weighted by atomic mass is 19.1. The van der Waals surface area contributed by atoms with Gasteiger partial charge in [-0.25, -0.2) is 4.39 Å². The third kappa shape index (κ3) is 4.26. The minimum absolute atomic E-state index is 0.136. The van der Waals surface area contributed by atoms with Gasteiger partial charge in [-0.05, 0) is 94.9 Å². The van der Waals surface area contributed by atoms with E-state index in [9.17, 15) is 9.18 Å². The maximum Gasteiger partial charge on any atom is 0.226 e. The molecule has 31 heavy (non-hydrogen) atoms. The van der Waals surface area contributed by atoms with E-state index in [4.69, 9.17) is 9.47 Å². The SMILES string of the molecule is CC/C(=C\F)COc1ccc(C23CC(C(=O)NC4CC(C)(C)OC(C)(C)C4)(C2)C3)cc1. The quantitative estimate of drug-likeness (QED) is 0.613. The molecule has 3 aliphatic carbocycles. The van der Waals surface area contributed by atoms with Crippen LogP contribution < -0.4 is 10.1 Å². The fraction of sp³-hybridized carbons (Fsp3) is 0.654. The Balaban J connectivity index is 1.31. The van der Waals surface area contributed by atoms with E-state index in [1.807, 2.05) is 19.1 Å². The zero-order valence-corrected chi connectivity index (χ0v) is 19.5. The first-order valence-corrected chi connectivity index (χ1v) is 11.5. The van der Waals surface area contributed by atoms with Crippen molar-refractivity contribution in [2.45, 2.75) is 95.8 Å². The largest absolute Gasteiger partial charge is 0.489 e. The third-order valence-electron chi connectivity index (χ3n) is 7.38. The Morgan fingerprint density at radius 1 is 1.13 bits per heavy atom. The molecule has 0 unspecified atom stereocenters. The first-order chi connectivity index (χ1) is 14.5. The Labute approximate surface area is 185 Å². The van der Waals surface area contributed by atoms with E-state index < -0.39 is 0 Å². The van der Waals surface area contributed by atoms with Gasteiger partial charge in [0.2, 0.25) is 5.91 Å². The lowest BCUT2D eigenvalue weighted by atomic mass is 9.33. The number of halogens is 1. The highest BCUT2D eigenvalue weighted by Gasteiger charge is 2.71. The second kappa shape index (κ2) is 7.61. The predicted molar refractivity (Wildman–Crippen MR) is 120 cm³/mol. The van der Waals surface area contributed by atoms with Crippen molar-refractivity contribution in [3.05, 3.63) is 41.7 Å². The minimum Gasteiger partial charge on any atom is -0.489 e. The van der Waals surface area contributed by atoms with E-state index in [-0.39, 0.29) is 40.6 Å². The molecule has 0 atom stereocenters. The second-order valence-electron chi connectivity index (χ2n) is 11.2. The van der Waals surface area contributed by atoms with E-state index in [0.29, 0.717) is 18.3 Å². The van der Waals surface area contributed by atoms with Crippen LogP contribution in [0.4, 0.5) is 4.39 Å². The van der Waals surface area contributed by atoms with Gasteiger partial charge < -0.3 is 14.8 Å². The van der Waals surface area contributed by atoms with Gasteiger partial charge in [0.1, 0.15) is 12.4 Å². The fourth-order valence-corrected chi connectivity index (χ4v) is 6.16.